The maximum atomic E-state index is 8.00. The van der Waals surface area contributed by atoms with Gasteiger partial charge < -0.3 is 21.2 Å². The van der Waals surface area contributed by atoms with Gasteiger partial charge in [-0.1, -0.05) is 13.8 Å². The minimum absolute atomic E-state index is 0.573. The van der Waals surface area contributed by atoms with Crippen LogP contribution in [0.5, 0.6) is 0 Å². The molecule has 1 heterocycles. The Morgan fingerprint density at radius 1 is 1.35 bits per heavy atom. The van der Waals surface area contributed by atoms with E-state index in [1.807, 2.05) is 6.79 Å². The number of nitrogens with one attached hydrogen (secondary N) is 2. The van der Waals surface area contributed by atoms with Gasteiger partial charge in [0.05, 0.1) is 0 Å². The van der Waals surface area contributed by atoms with Crippen LogP contribution >= 0.6 is 0 Å². The van der Waals surface area contributed by atoms with Gasteiger partial charge in [0, 0.05) is 44.9 Å². The Balaban J connectivity index is 0. The maximum Gasteiger partial charge on any atom is 0.106 e. The topological polar surface area (TPSA) is 70.4 Å². The fourth-order valence-corrected chi connectivity index (χ4v) is 1.34. The highest BCUT2D eigenvalue weighted by molar-refractivity contribution is 5.10. The fourth-order valence-electron chi connectivity index (χ4n) is 1.34. The summed E-state index contributed by atoms with van der Waals surface area (Å²) in [6.07, 6.45) is 0. The van der Waals surface area contributed by atoms with Gasteiger partial charge in [0.15, 0.2) is 0 Å². The first-order chi connectivity index (χ1) is 8.07. The Morgan fingerprint density at radius 3 is 2.12 bits per heavy atom. The van der Waals surface area contributed by atoms with Crippen molar-refractivity contribution in [3.05, 3.63) is 0 Å². The molecular formula is C12H30N4O. The molecule has 0 radical (unpaired) electrons. The van der Waals surface area contributed by atoms with Crippen LogP contribution in [0.2, 0.25) is 0 Å². The van der Waals surface area contributed by atoms with Crippen molar-refractivity contribution in [2.24, 2.45) is 5.73 Å². The number of hydrogen-bond acceptors (Lipinski definition) is 5. The standard InChI is InChI=1S/C6H14N2.C5H14N2.CH2O/c1-6(2)8-4-3-7-5-8;1-5(2)7-4-3-6;1-2/h6-7H,3-5H2,1-2H3;5,7H,3-4,6H2,1-2H3;1H2. The highest BCUT2D eigenvalue weighted by Gasteiger charge is 2.12. The van der Waals surface area contributed by atoms with Gasteiger partial charge in [-0.05, 0) is 13.8 Å². The van der Waals surface area contributed by atoms with Gasteiger partial charge in [-0.25, -0.2) is 0 Å². The van der Waals surface area contributed by atoms with Crippen LogP contribution in [-0.4, -0.2) is 56.6 Å². The SMILES string of the molecule is C=O.CC(C)N1CCNC1.CC(C)NCCN. The van der Waals surface area contributed by atoms with Crippen molar-refractivity contribution in [3.63, 3.8) is 0 Å². The normalized spacial score (nSPS) is 15.2. The Morgan fingerprint density at radius 2 is 1.94 bits per heavy atom. The van der Waals surface area contributed by atoms with Crippen LogP contribution in [-0.2, 0) is 4.79 Å². The molecule has 0 aromatic carbocycles. The van der Waals surface area contributed by atoms with Crippen molar-refractivity contribution < 1.29 is 4.79 Å². The lowest BCUT2D eigenvalue weighted by Crippen LogP contribution is -2.29. The number of hydrogen-bond donors (Lipinski definition) is 3. The fraction of sp³-hybridized carbons (Fsp3) is 0.917. The molecule has 17 heavy (non-hydrogen) atoms. The van der Waals surface area contributed by atoms with E-state index in [0.717, 1.165) is 26.3 Å². The summed E-state index contributed by atoms with van der Waals surface area (Å²) in [4.78, 5) is 10.4. The zero-order chi connectivity index (χ0) is 13.7. The highest BCUT2D eigenvalue weighted by atomic mass is 16.1. The van der Waals surface area contributed by atoms with Gasteiger partial charge in [-0.2, -0.15) is 0 Å². The molecule has 5 nitrogen and oxygen atoms in total. The van der Waals surface area contributed by atoms with E-state index >= 15 is 0 Å². The van der Waals surface area contributed by atoms with E-state index in [1.54, 1.807) is 0 Å². The first kappa shape index (κ1) is 18.9. The lowest BCUT2D eigenvalue weighted by atomic mass is 10.3. The van der Waals surface area contributed by atoms with Crippen molar-refractivity contribution in [2.45, 2.75) is 39.8 Å². The molecule has 1 fully saturated rings. The lowest BCUT2D eigenvalue weighted by molar-refractivity contribution is -0.0979. The summed E-state index contributed by atoms with van der Waals surface area (Å²) in [6.45, 7) is 15.8. The smallest absolute Gasteiger partial charge is 0.106 e. The second kappa shape index (κ2) is 13.6. The van der Waals surface area contributed by atoms with Crippen LogP contribution < -0.4 is 16.4 Å². The zero-order valence-corrected chi connectivity index (χ0v) is 11.8. The summed E-state index contributed by atoms with van der Waals surface area (Å²) in [5.41, 5.74) is 5.21. The number of carbonyl (C=O) groups is 1. The Labute approximate surface area is 106 Å². The third kappa shape index (κ3) is 13.4. The van der Waals surface area contributed by atoms with E-state index in [-0.39, 0.29) is 0 Å². The molecular weight excluding hydrogens is 216 g/mol. The van der Waals surface area contributed by atoms with Crippen molar-refractivity contribution >= 4 is 6.79 Å². The molecule has 0 amide bonds. The third-order valence-electron chi connectivity index (χ3n) is 2.32. The number of nitrogens with two attached hydrogens (primary N) is 1. The van der Waals surface area contributed by atoms with Crippen molar-refractivity contribution in [3.8, 4) is 0 Å². The Kier molecular flexibility index (Phi) is 15.1. The van der Waals surface area contributed by atoms with E-state index in [2.05, 4.69) is 43.2 Å². The summed E-state index contributed by atoms with van der Waals surface area (Å²) < 4.78 is 0. The molecule has 0 aromatic rings. The molecule has 0 saturated carbocycles. The van der Waals surface area contributed by atoms with E-state index in [1.165, 1.54) is 6.54 Å². The first-order valence-corrected chi connectivity index (χ1v) is 6.25. The molecule has 1 rings (SSSR count). The molecule has 1 aliphatic heterocycles. The van der Waals surface area contributed by atoms with Crippen molar-refractivity contribution in [1.82, 2.24) is 15.5 Å². The Bertz CT molecular complexity index is 147. The lowest BCUT2D eigenvalue weighted by Gasteiger charge is -2.17. The summed E-state index contributed by atoms with van der Waals surface area (Å²) in [6, 6.07) is 1.29. The summed E-state index contributed by atoms with van der Waals surface area (Å²) in [7, 11) is 0. The van der Waals surface area contributed by atoms with Crippen LogP contribution in [0.3, 0.4) is 0 Å². The summed E-state index contributed by atoms with van der Waals surface area (Å²) in [5.74, 6) is 0. The van der Waals surface area contributed by atoms with Gasteiger partial charge in [0.25, 0.3) is 0 Å². The van der Waals surface area contributed by atoms with Gasteiger partial charge in [-0.15, -0.1) is 0 Å². The predicted molar refractivity (Wildman–Crippen MR) is 74.0 cm³/mol. The summed E-state index contributed by atoms with van der Waals surface area (Å²) in [5, 5.41) is 6.45. The average molecular weight is 246 g/mol. The van der Waals surface area contributed by atoms with Gasteiger partial charge in [0.1, 0.15) is 6.79 Å². The molecule has 1 saturated heterocycles. The average Bonchev–Trinajstić information content (AvgIpc) is 2.83. The molecule has 5 heteroatoms. The second-order valence-corrected chi connectivity index (χ2v) is 4.46. The zero-order valence-electron chi connectivity index (χ0n) is 11.8. The van der Waals surface area contributed by atoms with Gasteiger partial charge in [-0.3, -0.25) is 4.90 Å². The summed E-state index contributed by atoms with van der Waals surface area (Å²) >= 11 is 0. The van der Waals surface area contributed by atoms with E-state index in [0.29, 0.717) is 12.1 Å². The van der Waals surface area contributed by atoms with E-state index in [4.69, 9.17) is 10.5 Å². The molecule has 104 valence electrons. The molecule has 0 spiro atoms. The quantitative estimate of drug-likeness (QED) is 0.652. The molecule has 0 aromatic heterocycles. The van der Waals surface area contributed by atoms with Crippen LogP contribution in [0.25, 0.3) is 0 Å². The monoisotopic (exact) mass is 246 g/mol. The highest BCUT2D eigenvalue weighted by Crippen LogP contribution is 1.98. The largest absolute Gasteiger partial charge is 0.329 e. The molecule has 4 N–H and O–H groups in total. The number of nitrogens with zero attached hydrogens (tertiary/aromatic N) is 1. The maximum absolute atomic E-state index is 8.00. The molecule has 0 aliphatic carbocycles. The predicted octanol–water partition coefficient (Wildman–Crippen LogP) is 0.0157. The molecule has 1 aliphatic rings. The molecule has 0 unspecified atom stereocenters. The van der Waals surface area contributed by atoms with Crippen molar-refractivity contribution in [1.29, 1.82) is 0 Å². The minimum Gasteiger partial charge on any atom is -0.329 e. The van der Waals surface area contributed by atoms with E-state index < -0.39 is 0 Å². The first-order valence-electron chi connectivity index (χ1n) is 6.25. The number of carbonyl (C=O) groups excluding carboxylic acids is 1. The third-order valence-corrected chi connectivity index (χ3v) is 2.32. The van der Waals surface area contributed by atoms with Crippen LogP contribution in [0.1, 0.15) is 27.7 Å². The molecule has 0 atom stereocenters. The van der Waals surface area contributed by atoms with Crippen molar-refractivity contribution in [2.75, 3.05) is 32.8 Å². The van der Waals surface area contributed by atoms with E-state index in [9.17, 15) is 0 Å². The second-order valence-electron chi connectivity index (χ2n) is 4.46. The Hall–Kier alpha value is -0.490. The van der Waals surface area contributed by atoms with Crippen LogP contribution in [0, 0.1) is 0 Å². The minimum atomic E-state index is 0.573. The van der Waals surface area contributed by atoms with Gasteiger partial charge >= 0.3 is 0 Å². The number of rotatable bonds is 4. The van der Waals surface area contributed by atoms with Crippen LogP contribution in [0.15, 0.2) is 0 Å². The molecule has 0 bridgehead atoms. The van der Waals surface area contributed by atoms with Gasteiger partial charge in [0.2, 0.25) is 0 Å². The van der Waals surface area contributed by atoms with Crippen LogP contribution in [0.4, 0.5) is 0 Å².